The quantitative estimate of drug-likeness (QED) is 0.846. The summed E-state index contributed by atoms with van der Waals surface area (Å²) in [4.78, 5) is 4.36. The van der Waals surface area contributed by atoms with Crippen molar-refractivity contribution in [3.05, 3.63) is 47.7 Å². The molecule has 0 saturated carbocycles. The van der Waals surface area contributed by atoms with Crippen LogP contribution in [-0.4, -0.2) is 18.1 Å². The van der Waals surface area contributed by atoms with Crippen LogP contribution < -0.4 is 5.32 Å². The fraction of sp³-hybridized carbons (Fsp3) is 0.389. The SMILES string of the molecule is CCC(=Cc1ccc2ncccc2c1)CNCC(C)C. The number of benzene rings is 1. The zero-order valence-corrected chi connectivity index (χ0v) is 12.7. The van der Waals surface area contributed by atoms with Crippen molar-refractivity contribution in [3.63, 3.8) is 0 Å². The fourth-order valence-electron chi connectivity index (χ4n) is 2.22. The molecule has 0 aliphatic carbocycles. The van der Waals surface area contributed by atoms with Gasteiger partial charge >= 0.3 is 0 Å². The number of rotatable bonds is 6. The average molecular weight is 268 g/mol. The lowest BCUT2D eigenvalue weighted by molar-refractivity contribution is 0.569. The lowest BCUT2D eigenvalue weighted by atomic mass is 10.1. The van der Waals surface area contributed by atoms with E-state index in [1.54, 1.807) is 0 Å². The number of aromatic nitrogens is 1. The van der Waals surface area contributed by atoms with Crippen LogP contribution in [0.5, 0.6) is 0 Å². The molecule has 0 saturated heterocycles. The summed E-state index contributed by atoms with van der Waals surface area (Å²) in [6.45, 7) is 8.72. The van der Waals surface area contributed by atoms with Gasteiger partial charge in [-0.25, -0.2) is 0 Å². The van der Waals surface area contributed by atoms with Crippen molar-refractivity contribution >= 4 is 17.0 Å². The molecule has 2 nitrogen and oxygen atoms in total. The van der Waals surface area contributed by atoms with E-state index in [0.717, 1.165) is 25.0 Å². The number of hydrogen-bond acceptors (Lipinski definition) is 2. The van der Waals surface area contributed by atoms with Gasteiger partial charge in [-0.15, -0.1) is 0 Å². The highest BCUT2D eigenvalue weighted by atomic mass is 14.9. The third kappa shape index (κ3) is 4.17. The molecule has 0 amide bonds. The molecule has 2 aromatic rings. The molecule has 2 rings (SSSR count). The second-order valence-corrected chi connectivity index (χ2v) is 5.64. The second kappa shape index (κ2) is 7.20. The molecule has 0 bridgehead atoms. The normalized spacial score (nSPS) is 12.3. The summed E-state index contributed by atoms with van der Waals surface area (Å²) in [5, 5.41) is 4.71. The van der Waals surface area contributed by atoms with Crippen molar-refractivity contribution in [2.75, 3.05) is 13.1 Å². The Kier molecular flexibility index (Phi) is 5.31. The Morgan fingerprint density at radius 1 is 1.30 bits per heavy atom. The van der Waals surface area contributed by atoms with E-state index < -0.39 is 0 Å². The van der Waals surface area contributed by atoms with Gasteiger partial charge in [0, 0.05) is 18.1 Å². The Balaban J connectivity index is 2.12. The minimum Gasteiger partial charge on any atom is -0.313 e. The van der Waals surface area contributed by atoms with Crippen molar-refractivity contribution in [3.8, 4) is 0 Å². The molecule has 1 N–H and O–H groups in total. The first kappa shape index (κ1) is 14.7. The van der Waals surface area contributed by atoms with Crippen molar-refractivity contribution in [2.24, 2.45) is 5.92 Å². The van der Waals surface area contributed by atoms with Gasteiger partial charge in [0.25, 0.3) is 0 Å². The third-order valence-corrected chi connectivity index (χ3v) is 3.36. The molecule has 2 heteroatoms. The molecule has 0 spiro atoms. The standard InChI is InChI=1S/C18H24N2/c1-4-15(13-19-12-14(2)3)10-16-7-8-18-17(11-16)6-5-9-20-18/h5-11,14,19H,4,12-13H2,1-3H3. The lowest BCUT2D eigenvalue weighted by Crippen LogP contribution is -2.21. The zero-order valence-electron chi connectivity index (χ0n) is 12.7. The van der Waals surface area contributed by atoms with Crippen molar-refractivity contribution in [2.45, 2.75) is 27.2 Å². The van der Waals surface area contributed by atoms with Gasteiger partial charge in [-0.3, -0.25) is 4.98 Å². The molecule has 0 aliphatic rings. The molecule has 0 atom stereocenters. The third-order valence-electron chi connectivity index (χ3n) is 3.36. The Morgan fingerprint density at radius 3 is 2.90 bits per heavy atom. The first-order valence-corrected chi connectivity index (χ1v) is 7.44. The molecular weight excluding hydrogens is 244 g/mol. The van der Waals surface area contributed by atoms with E-state index >= 15 is 0 Å². The maximum absolute atomic E-state index is 4.36. The van der Waals surface area contributed by atoms with E-state index in [9.17, 15) is 0 Å². The number of nitrogens with zero attached hydrogens (tertiary/aromatic N) is 1. The fourth-order valence-corrected chi connectivity index (χ4v) is 2.22. The average Bonchev–Trinajstić information content (AvgIpc) is 2.45. The highest BCUT2D eigenvalue weighted by Crippen LogP contribution is 2.16. The summed E-state index contributed by atoms with van der Waals surface area (Å²) in [5.74, 6) is 0.694. The van der Waals surface area contributed by atoms with E-state index in [2.05, 4.69) is 61.4 Å². The molecule has 0 fully saturated rings. The Hall–Kier alpha value is -1.67. The van der Waals surface area contributed by atoms with Gasteiger partial charge in [-0.1, -0.05) is 44.6 Å². The summed E-state index contributed by atoms with van der Waals surface area (Å²) in [7, 11) is 0. The molecule has 0 unspecified atom stereocenters. The Morgan fingerprint density at radius 2 is 2.15 bits per heavy atom. The summed E-state index contributed by atoms with van der Waals surface area (Å²) < 4.78 is 0. The Labute approximate surface area is 121 Å². The van der Waals surface area contributed by atoms with Crippen molar-refractivity contribution in [1.82, 2.24) is 10.3 Å². The highest BCUT2D eigenvalue weighted by molar-refractivity contribution is 5.81. The smallest absolute Gasteiger partial charge is 0.0702 e. The van der Waals surface area contributed by atoms with Gasteiger partial charge in [0.15, 0.2) is 0 Å². The molecule has 1 aromatic heterocycles. The van der Waals surface area contributed by atoms with Gasteiger partial charge < -0.3 is 5.32 Å². The molecule has 0 aliphatic heterocycles. The highest BCUT2D eigenvalue weighted by Gasteiger charge is 1.99. The van der Waals surface area contributed by atoms with Gasteiger partial charge in [0.1, 0.15) is 0 Å². The number of pyridine rings is 1. The van der Waals surface area contributed by atoms with E-state index in [0.29, 0.717) is 5.92 Å². The van der Waals surface area contributed by atoms with Gasteiger partial charge in [-0.2, -0.15) is 0 Å². The van der Waals surface area contributed by atoms with E-state index in [1.165, 1.54) is 16.5 Å². The van der Waals surface area contributed by atoms with Crippen LogP contribution in [0.2, 0.25) is 0 Å². The van der Waals surface area contributed by atoms with Crippen LogP contribution >= 0.6 is 0 Å². The van der Waals surface area contributed by atoms with Crippen molar-refractivity contribution < 1.29 is 0 Å². The van der Waals surface area contributed by atoms with Gasteiger partial charge in [-0.05, 0) is 42.6 Å². The van der Waals surface area contributed by atoms with E-state index in [4.69, 9.17) is 0 Å². The summed E-state index contributed by atoms with van der Waals surface area (Å²) >= 11 is 0. The predicted molar refractivity (Wildman–Crippen MR) is 87.7 cm³/mol. The number of hydrogen-bond donors (Lipinski definition) is 1. The summed E-state index contributed by atoms with van der Waals surface area (Å²) in [6, 6.07) is 10.5. The maximum atomic E-state index is 4.36. The zero-order chi connectivity index (χ0) is 14.4. The molecule has 0 radical (unpaired) electrons. The molecular formula is C18H24N2. The second-order valence-electron chi connectivity index (χ2n) is 5.64. The molecule has 20 heavy (non-hydrogen) atoms. The van der Waals surface area contributed by atoms with Crippen LogP contribution in [-0.2, 0) is 0 Å². The van der Waals surface area contributed by atoms with Crippen molar-refractivity contribution in [1.29, 1.82) is 0 Å². The summed E-state index contributed by atoms with van der Waals surface area (Å²) in [6.07, 6.45) is 5.21. The van der Waals surface area contributed by atoms with Crippen LogP contribution in [0, 0.1) is 5.92 Å². The first-order chi connectivity index (χ1) is 9.69. The monoisotopic (exact) mass is 268 g/mol. The molecule has 1 heterocycles. The van der Waals surface area contributed by atoms with E-state index in [1.807, 2.05) is 12.3 Å². The number of nitrogens with one attached hydrogen (secondary N) is 1. The Bertz CT molecular complexity index is 585. The van der Waals surface area contributed by atoms with Crippen LogP contribution in [0.25, 0.3) is 17.0 Å². The molecule has 106 valence electrons. The van der Waals surface area contributed by atoms with Crippen LogP contribution in [0.15, 0.2) is 42.1 Å². The minimum atomic E-state index is 0.694. The van der Waals surface area contributed by atoms with Gasteiger partial charge in [0.05, 0.1) is 5.52 Å². The van der Waals surface area contributed by atoms with Crippen LogP contribution in [0.3, 0.4) is 0 Å². The number of fused-ring (bicyclic) bond motifs is 1. The van der Waals surface area contributed by atoms with E-state index in [-0.39, 0.29) is 0 Å². The first-order valence-electron chi connectivity index (χ1n) is 7.44. The topological polar surface area (TPSA) is 24.9 Å². The molecule has 1 aromatic carbocycles. The van der Waals surface area contributed by atoms with Gasteiger partial charge in [0.2, 0.25) is 0 Å². The summed E-state index contributed by atoms with van der Waals surface area (Å²) in [5.41, 5.74) is 3.75. The predicted octanol–water partition coefficient (Wildman–Crippen LogP) is 4.27. The largest absolute Gasteiger partial charge is 0.313 e. The lowest BCUT2D eigenvalue weighted by Gasteiger charge is -2.09. The minimum absolute atomic E-state index is 0.694. The van der Waals surface area contributed by atoms with Crippen LogP contribution in [0.4, 0.5) is 0 Å². The maximum Gasteiger partial charge on any atom is 0.0702 e. The van der Waals surface area contributed by atoms with Crippen LogP contribution in [0.1, 0.15) is 32.8 Å².